The molecule has 25 heavy (non-hydrogen) atoms. The van der Waals surface area contributed by atoms with Gasteiger partial charge in [0.2, 0.25) is 0 Å². The van der Waals surface area contributed by atoms with Crippen LogP contribution in [0.3, 0.4) is 0 Å². The highest BCUT2D eigenvalue weighted by atomic mass is 35.5. The van der Waals surface area contributed by atoms with Gasteiger partial charge in [-0.1, -0.05) is 46.1 Å². The van der Waals surface area contributed by atoms with Gasteiger partial charge in [-0.15, -0.1) is 0 Å². The van der Waals surface area contributed by atoms with Crippen molar-refractivity contribution >= 4 is 35.0 Å². The van der Waals surface area contributed by atoms with Crippen molar-refractivity contribution in [2.45, 2.75) is 13.5 Å². The average molecular weight is 377 g/mol. The zero-order chi connectivity index (χ0) is 17.8. The summed E-state index contributed by atoms with van der Waals surface area (Å²) in [6, 6.07) is 14.2. The molecule has 3 aromatic rings. The SMILES string of the molecule is Cc1ccc(NC(=O)OCc2cc(-c3ccc(Cl)c(Cl)c3)on2)cc1. The lowest BCUT2D eigenvalue weighted by Crippen LogP contribution is -2.13. The second kappa shape index (κ2) is 7.59. The number of benzene rings is 2. The van der Waals surface area contributed by atoms with Crippen LogP contribution in [0.1, 0.15) is 11.3 Å². The Balaban J connectivity index is 1.58. The van der Waals surface area contributed by atoms with Crippen molar-refractivity contribution in [1.82, 2.24) is 5.16 Å². The lowest BCUT2D eigenvalue weighted by atomic mass is 10.1. The van der Waals surface area contributed by atoms with E-state index in [0.717, 1.165) is 11.1 Å². The van der Waals surface area contributed by atoms with Gasteiger partial charge in [0.1, 0.15) is 12.3 Å². The third-order valence-electron chi connectivity index (χ3n) is 3.41. The van der Waals surface area contributed by atoms with Crippen LogP contribution in [0.5, 0.6) is 0 Å². The Morgan fingerprint density at radius 3 is 2.60 bits per heavy atom. The second-order valence-corrected chi connectivity index (χ2v) is 6.19. The first-order valence-electron chi connectivity index (χ1n) is 7.43. The zero-order valence-corrected chi connectivity index (χ0v) is 14.8. The summed E-state index contributed by atoms with van der Waals surface area (Å²) in [7, 11) is 0. The number of nitrogens with one attached hydrogen (secondary N) is 1. The number of hydrogen-bond donors (Lipinski definition) is 1. The maximum atomic E-state index is 11.8. The molecule has 0 aliphatic heterocycles. The van der Waals surface area contributed by atoms with Gasteiger partial charge in [0.05, 0.1) is 10.0 Å². The fourth-order valence-corrected chi connectivity index (χ4v) is 2.39. The van der Waals surface area contributed by atoms with Gasteiger partial charge in [-0.2, -0.15) is 0 Å². The van der Waals surface area contributed by atoms with Gasteiger partial charge >= 0.3 is 6.09 Å². The van der Waals surface area contributed by atoms with E-state index in [0.29, 0.717) is 27.2 Å². The number of anilines is 1. The van der Waals surface area contributed by atoms with Gasteiger partial charge in [-0.05, 0) is 37.3 Å². The molecule has 1 amide bonds. The highest BCUT2D eigenvalue weighted by Gasteiger charge is 2.11. The number of ether oxygens (including phenoxy) is 1. The predicted octanol–water partition coefficient (Wildman–Crippen LogP) is 5.71. The Kier molecular flexibility index (Phi) is 5.26. The van der Waals surface area contributed by atoms with E-state index >= 15 is 0 Å². The Bertz CT molecular complexity index is 892. The molecule has 0 aliphatic carbocycles. The molecule has 128 valence electrons. The van der Waals surface area contributed by atoms with E-state index < -0.39 is 6.09 Å². The van der Waals surface area contributed by atoms with E-state index in [1.165, 1.54) is 0 Å². The number of carbonyl (C=O) groups is 1. The summed E-state index contributed by atoms with van der Waals surface area (Å²) in [5, 5.41) is 7.40. The third-order valence-corrected chi connectivity index (χ3v) is 4.15. The molecule has 0 unspecified atom stereocenters. The molecule has 0 spiro atoms. The van der Waals surface area contributed by atoms with Gasteiger partial charge in [0, 0.05) is 17.3 Å². The van der Waals surface area contributed by atoms with E-state index in [1.807, 2.05) is 19.1 Å². The maximum absolute atomic E-state index is 11.8. The van der Waals surface area contributed by atoms with Crippen molar-refractivity contribution in [1.29, 1.82) is 0 Å². The molecular weight excluding hydrogens is 363 g/mol. The summed E-state index contributed by atoms with van der Waals surface area (Å²) >= 11 is 11.9. The standard InChI is InChI=1S/C18H14Cl2N2O3/c1-11-2-5-13(6-3-11)21-18(23)24-10-14-9-17(25-22-14)12-4-7-15(19)16(20)8-12/h2-9H,10H2,1H3,(H,21,23). The van der Waals surface area contributed by atoms with Crippen LogP contribution in [0.25, 0.3) is 11.3 Å². The Labute approximate surface area is 154 Å². The summed E-state index contributed by atoms with van der Waals surface area (Å²) in [5.41, 5.74) is 2.99. The molecular formula is C18H14Cl2N2O3. The number of hydrogen-bond acceptors (Lipinski definition) is 4. The minimum Gasteiger partial charge on any atom is -0.443 e. The molecule has 5 nitrogen and oxygen atoms in total. The molecule has 1 N–H and O–H groups in total. The molecule has 1 heterocycles. The zero-order valence-electron chi connectivity index (χ0n) is 13.3. The Morgan fingerprint density at radius 2 is 1.88 bits per heavy atom. The van der Waals surface area contributed by atoms with Crippen LogP contribution in [0.4, 0.5) is 10.5 Å². The van der Waals surface area contributed by atoms with Gasteiger partial charge < -0.3 is 9.26 Å². The van der Waals surface area contributed by atoms with Gasteiger partial charge in [0.25, 0.3) is 0 Å². The van der Waals surface area contributed by atoms with Crippen molar-refractivity contribution in [3.63, 3.8) is 0 Å². The number of rotatable bonds is 4. The highest BCUT2D eigenvalue weighted by Crippen LogP contribution is 2.29. The smallest absolute Gasteiger partial charge is 0.412 e. The molecule has 3 rings (SSSR count). The number of aryl methyl sites for hydroxylation is 1. The highest BCUT2D eigenvalue weighted by molar-refractivity contribution is 6.42. The number of aromatic nitrogens is 1. The number of nitrogens with zero attached hydrogens (tertiary/aromatic N) is 1. The van der Waals surface area contributed by atoms with Gasteiger partial charge in [0.15, 0.2) is 5.76 Å². The lowest BCUT2D eigenvalue weighted by molar-refractivity contribution is 0.152. The first kappa shape index (κ1) is 17.3. The molecule has 0 radical (unpaired) electrons. The number of halogens is 2. The Morgan fingerprint density at radius 1 is 1.12 bits per heavy atom. The van der Waals surface area contributed by atoms with Crippen molar-refractivity contribution in [3.8, 4) is 11.3 Å². The largest absolute Gasteiger partial charge is 0.443 e. The van der Waals surface area contributed by atoms with Crippen molar-refractivity contribution < 1.29 is 14.1 Å². The summed E-state index contributed by atoms with van der Waals surface area (Å²) < 4.78 is 10.4. The van der Waals surface area contributed by atoms with Crippen molar-refractivity contribution in [2.24, 2.45) is 0 Å². The van der Waals surface area contributed by atoms with Crippen LogP contribution in [0, 0.1) is 6.92 Å². The quantitative estimate of drug-likeness (QED) is 0.633. The van der Waals surface area contributed by atoms with Crippen LogP contribution in [-0.4, -0.2) is 11.2 Å². The van der Waals surface area contributed by atoms with Gasteiger partial charge in [-0.25, -0.2) is 4.79 Å². The number of amides is 1. The van der Waals surface area contributed by atoms with Crippen molar-refractivity contribution in [2.75, 3.05) is 5.32 Å². The average Bonchev–Trinajstić information content (AvgIpc) is 3.07. The third kappa shape index (κ3) is 4.53. The summed E-state index contributed by atoms with van der Waals surface area (Å²) in [5.74, 6) is 0.510. The molecule has 1 aromatic heterocycles. The van der Waals surface area contributed by atoms with E-state index in [1.54, 1.807) is 36.4 Å². The Hall–Kier alpha value is -2.50. The molecule has 0 atom stereocenters. The van der Waals surface area contributed by atoms with E-state index in [-0.39, 0.29) is 6.61 Å². The van der Waals surface area contributed by atoms with Gasteiger partial charge in [-0.3, -0.25) is 5.32 Å². The molecule has 0 aliphatic rings. The van der Waals surface area contributed by atoms with Crippen LogP contribution >= 0.6 is 23.2 Å². The monoisotopic (exact) mass is 376 g/mol. The molecule has 0 saturated carbocycles. The van der Waals surface area contributed by atoms with Crippen molar-refractivity contribution in [3.05, 3.63) is 69.8 Å². The summed E-state index contributed by atoms with van der Waals surface area (Å²) in [6.07, 6.45) is -0.567. The minimum absolute atomic E-state index is 0.0114. The van der Waals surface area contributed by atoms with Crippen LogP contribution in [-0.2, 0) is 11.3 Å². The first-order chi connectivity index (χ1) is 12.0. The van der Waals surface area contributed by atoms with Crippen LogP contribution in [0.2, 0.25) is 10.0 Å². The molecule has 0 saturated heterocycles. The minimum atomic E-state index is -0.567. The van der Waals surface area contributed by atoms with E-state index in [2.05, 4.69) is 10.5 Å². The summed E-state index contributed by atoms with van der Waals surface area (Å²) in [6.45, 7) is 1.96. The predicted molar refractivity (Wildman–Crippen MR) is 96.9 cm³/mol. The normalized spacial score (nSPS) is 10.5. The van der Waals surface area contributed by atoms with Crippen LogP contribution < -0.4 is 5.32 Å². The second-order valence-electron chi connectivity index (χ2n) is 5.38. The molecule has 2 aromatic carbocycles. The molecule has 0 fully saturated rings. The molecule has 7 heteroatoms. The summed E-state index contributed by atoms with van der Waals surface area (Å²) in [4.78, 5) is 11.8. The maximum Gasteiger partial charge on any atom is 0.412 e. The topological polar surface area (TPSA) is 64.4 Å². The first-order valence-corrected chi connectivity index (χ1v) is 8.18. The lowest BCUT2D eigenvalue weighted by Gasteiger charge is -2.05. The van der Waals surface area contributed by atoms with Crippen LogP contribution in [0.15, 0.2) is 53.1 Å². The fraction of sp³-hybridized carbons (Fsp3) is 0.111. The fourth-order valence-electron chi connectivity index (χ4n) is 2.10. The van der Waals surface area contributed by atoms with E-state index in [4.69, 9.17) is 32.5 Å². The number of carbonyl (C=O) groups excluding carboxylic acids is 1. The molecule has 0 bridgehead atoms. The van der Waals surface area contributed by atoms with E-state index in [9.17, 15) is 4.79 Å².